The van der Waals surface area contributed by atoms with Crippen molar-refractivity contribution < 1.29 is 14.7 Å². The Labute approximate surface area is 143 Å². The number of aromatic nitrogens is 3. The topological polar surface area (TPSA) is 97.1 Å². The minimum atomic E-state index is -0.845. The van der Waals surface area contributed by atoms with Crippen LogP contribution in [0.25, 0.3) is 11.0 Å². The summed E-state index contributed by atoms with van der Waals surface area (Å²) in [5, 5.41) is 16.7. The lowest BCUT2D eigenvalue weighted by Gasteiger charge is -2.08. The van der Waals surface area contributed by atoms with Gasteiger partial charge in [-0.3, -0.25) is 14.3 Å². The minimum absolute atomic E-state index is 0.0446. The van der Waals surface area contributed by atoms with Gasteiger partial charge in [-0.05, 0) is 25.8 Å². The van der Waals surface area contributed by atoms with Crippen LogP contribution in [0.3, 0.4) is 0 Å². The number of aliphatic carboxylic acids is 1. The Kier molecular flexibility index (Phi) is 4.75. The highest BCUT2D eigenvalue weighted by molar-refractivity contribution is 7.99. The lowest BCUT2D eigenvalue weighted by molar-refractivity contribution is -0.133. The molecule has 1 fully saturated rings. The van der Waals surface area contributed by atoms with Crippen LogP contribution in [0, 0.1) is 6.92 Å². The van der Waals surface area contributed by atoms with E-state index in [4.69, 9.17) is 5.11 Å². The van der Waals surface area contributed by atoms with Crippen molar-refractivity contribution in [1.82, 2.24) is 20.1 Å². The number of pyridine rings is 1. The first kappa shape index (κ1) is 16.8. The summed E-state index contributed by atoms with van der Waals surface area (Å²) in [5.41, 5.74) is 3.08. The van der Waals surface area contributed by atoms with Crippen molar-refractivity contribution in [3.05, 3.63) is 23.0 Å². The number of amides is 1. The molecule has 7 nitrogen and oxygen atoms in total. The number of hydrogen-bond acceptors (Lipinski definition) is 5. The van der Waals surface area contributed by atoms with Crippen molar-refractivity contribution in [2.75, 3.05) is 18.1 Å². The van der Waals surface area contributed by atoms with E-state index < -0.39 is 5.97 Å². The summed E-state index contributed by atoms with van der Waals surface area (Å²) in [5.74, 6) is 0.0530. The van der Waals surface area contributed by atoms with E-state index in [-0.39, 0.29) is 11.7 Å². The zero-order valence-electron chi connectivity index (χ0n) is 13.7. The molecule has 0 spiro atoms. The highest BCUT2D eigenvalue weighted by atomic mass is 32.2. The zero-order chi connectivity index (χ0) is 17.3. The fourth-order valence-electron chi connectivity index (χ4n) is 2.72. The number of rotatable bonds is 7. The van der Waals surface area contributed by atoms with Gasteiger partial charge in [0, 0.05) is 31.0 Å². The van der Waals surface area contributed by atoms with Crippen LogP contribution < -0.4 is 5.32 Å². The van der Waals surface area contributed by atoms with Gasteiger partial charge in [0.2, 0.25) is 0 Å². The Balaban J connectivity index is 1.79. The van der Waals surface area contributed by atoms with Gasteiger partial charge in [-0.2, -0.15) is 5.10 Å². The maximum atomic E-state index is 12.6. The molecule has 3 rings (SSSR count). The molecule has 0 aromatic carbocycles. The van der Waals surface area contributed by atoms with Crippen molar-refractivity contribution in [2.45, 2.75) is 25.7 Å². The number of fused-ring (bicyclic) bond motifs is 1. The van der Waals surface area contributed by atoms with Gasteiger partial charge in [0.15, 0.2) is 5.65 Å². The highest BCUT2D eigenvalue weighted by Gasteiger charge is 2.28. The molecule has 1 amide bonds. The first-order chi connectivity index (χ1) is 11.5. The van der Waals surface area contributed by atoms with Gasteiger partial charge < -0.3 is 10.4 Å². The molecule has 0 unspecified atom stereocenters. The number of carbonyl (C=O) groups excluding carboxylic acids is 1. The lowest BCUT2D eigenvalue weighted by Crippen LogP contribution is -2.26. The Bertz CT molecular complexity index is 798. The molecule has 2 aromatic heterocycles. The molecule has 2 aromatic rings. The molecule has 0 atom stereocenters. The van der Waals surface area contributed by atoms with E-state index in [9.17, 15) is 9.59 Å². The van der Waals surface area contributed by atoms with Gasteiger partial charge in [0.05, 0.1) is 22.4 Å². The van der Waals surface area contributed by atoms with Crippen LogP contribution in [-0.2, 0) is 11.8 Å². The van der Waals surface area contributed by atoms with E-state index in [1.165, 1.54) is 11.8 Å². The van der Waals surface area contributed by atoms with Crippen molar-refractivity contribution in [1.29, 1.82) is 0 Å². The monoisotopic (exact) mass is 348 g/mol. The van der Waals surface area contributed by atoms with Gasteiger partial charge in [-0.1, -0.05) is 0 Å². The molecule has 128 valence electrons. The average Bonchev–Trinajstić information content (AvgIpc) is 3.33. The summed E-state index contributed by atoms with van der Waals surface area (Å²) in [6, 6.07) is 1.88. The van der Waals surface area contributed by atoms with E-state index >= 15 is 0 Å². The van der Waals surface area contributed by atoms with Crippen molar-refractivity contribution in [3.63, 3.8) is 0 Å². The number of carboxylic acids is 1. The van der Waals surface area contributed by atoms with Gasteiger partial charge in [0.1, 0.15) is 0 Å². The van der Waals surface area contributed by atoms with Crippen LogP contribution in [0.4, 0.5) is 0 Å². The Morgan fingerprint density at radius 3 is 2.88 bits per heavy atom. The molecule has 1 saturated carbocycles. The van der Waals surface area contributed by atoms with E-state index in [0.29, 0.717) is 23.8 Å². The summed E-state index contributed by atoms with van der Waals surface area (Å²) < 4.78 is 1.72. The summed E-state index contributed by atoms with van der Waals surface area (Å²) in [6.07, 6.45) is 2.23. The van der Waals surface area contributed by atoms with Crippen LogP contribution >= 0.6 is 11.8 Å². The molecule has 0 aliphatic heterocycles. The number of nitrogens with one attached hydrogen (secondary N) is 1. The number of nitrogens with zero attached hydrogens (tertiary/aromatic N) is 3. The maximum absolute atomic E-state index is 12.6. The van der Waals surface area contributed by atoms with Gasteiger partial charge in [-0.25, -0.2) is 4.98 Å². The number of carbonyl (C=O) groups is 2. The standard InChI is InChI=1S/C16H20N4O3S/c1-9-14-11(16(23)17-5-6-24-8-13(21)22)7-12(10-3-4-10)18-15(14)20(2)19-9/h7,10H,3-6,8H2,1-2H3,(H,17,23)(H,21,22). The highest BCUT2D eigenvalue weighted by Crippen LogP contribution is 2.40. The van der Waals surface area contributed by atoms with E-state index in [2.05, 4.69) is 15.4 Å². The molecular formula is C16H20N4O3S. The van der Waals surface area contributed by atoms with E-state index in [0.717, 1.165) is 35.3 Å². The van der Waals surface area contributed by atoms with Gasteiger partial charge in [-0.15, -0.1) is 11.8 Å². The first-order valence-electron chi connectivity index (χ1n) is 7.89. The zero-order valence-corrected chi connectivity index (χ0v) is 14.5. The van der Waals surface area contributed by atoms with E-state index in [1.54, 1.807) is 4.68 Å². The Hall–Kier alpha value is -2.09. The van der Waals surface area contributed by atoms with Gasteiger partial charge in [0.25, 0.3) is 5.91 Å². The average molecular weight is 348 g/mol. The van der Waals surface area contributed by atoms with Crippen molar-refractivity contribution in [2.24, 2.45) is 7.05 Å². The fraction of sp³-hybridized carbons (Fsp3) is 0.500. The molecule has 1 aliphatic carbocycles. The third-order valence-electron chi connectivity index (χ3n) is 3.99. The lowest BCUT2D eigenvalue weighted by atomic mass is 10.1. The number of carboxylic acid groups (broad SMARTS) is 1. The number of aryl methyl sites for hydroxylation is 2. The SMILES string of the molecule is Cc1nn(C)c2nc(C3CC3)cc(C(=O)NCCSCC(=O)O)c12. The predicted molar refractivity (Wildman–Crippen MR) is 92.5 cm³/mol. The molecule has 2 heterocycles. The predicted octanol–water partition coefficient (Wildman–Crippen LogP) is 1.70. The Morgan fingerprint density at radius 2 is 2.21 bits per heavy atom. The summed E-state index contributed by atoms with van der Waals surface area (Å²) in [4.78, 5) is 27.8. The number of thioether (sulfide) groups is 1. The second kappa shape index (κ2) is 6.80. The second-order valence-electron chi connectivity index (χ2n) is 5.98. The third kappa shape index (κ3) is 3.53. The second-order valence-corrected chi connectivity index (χ2v) is 7.08. The van der Waals surface area contributed by atoms with Crippen molar-refractivity contribution in [3.8, 4) is 0 Å². The normalized spacial score (nSPS) is 14.1. The van der Waals surface area contributed by atoms with Crippen LogP contribution in [0.1, 0.15) is 40.5 Å². The third-order valence-corrected chi connectivity index (χ3v) is 4.93. The van der Waals surface area contributed by atoms with Crippen LogP contribution in [0.15, 0.2) is 6.07 Å². The van der Waals surface area contributed by atoms with Gasteiger partial charge >= 0.3 is 5.97 Å². The van der Waals surface area contributed by atoms with Crippen LogP contribution in [0.5, 0.6) is 0 Å². The molecule has 0 saturated heterocycles. The molecular weight excluding hydrogens is 328 g/mol. The largest absolute Gasteiger partial charge is 0.481 e. The smallest absolute Gasteiger partial charge is 0.313 e. The van der Waals surface area contributed by atoms with E-state index in [1.807, 2.05) is 20.0 Å². The molecule has 0 radical (unpaired) electrons. The van der Waals surface area contributed by atoms with Crippen LogP contribution in [0.2, 0.25) is 0 Å². The Morgan fingerprint density at radius 1 is 1.46 bits per heavy atom. The first-order valence-corrected chi connectivity index (χ1v) is 9.05. The minimum Gasteiger partial charge on any atom is -0.481 e. The molecule has 1 aliphatic rings. The summed E-state index contributed by atoms with van der Waals surface area (Å²) in [7, 11) is 1.84. The summed E-state index contributed by atoms with van der Waals surface area (Å²) in [6.45, 7) is 2.30. The maximum Gasteiger partial charge on any atom is 0.313 e. The summed E-state index contributed by atoms with van der Waals surface area (Å²) >= 11 is 1.28. The molecule has 24 heavy (non-hydrogen) atoms. The van der Waals surface area contributed by atoms with Crippen molar-refractivity contribution >= 4 is 34.7 Å². The number of hydrogen-bond donors (Lipinski definition) is 2. The molecule has 8 heteroatoms. The quantitative estimate of drug-likeness (QED) is 0.739. The fourth-order valence-corrected chi connectivity index (χ4v) is 3.29. The molecule has 2 N–H and O–H groups in total. The molecule has 0 bridgehead atoms. The van der Waals surface area contributed by atoms with Crippen LogP contribution in [-0.4, -0.2) is 49.8 Å².